The molecular formula is C23H28N2O2S3. The Morgan fingerprint density at radius 3 is 2.57 bits per heavy atom. The quantitative estimate of drug-likeness (QED) is 0.306. The van der Waals surface area contributed by atoms with E-state index >= 15 is 0 Å². The lowest BCUT2D eigenvalue weighted by Gasteiger charge is -2.06. The van der Waals surface area contributed by atoms with E-state index in [0.29, 0.717) is 31.4 Å². The van der Waals surface area contributed by atoms with Crippen LogP contribution < -0.4 is 4.80 Å². The average molecular weight is 461 g/mol. The third-order valence-corrected chi connectivity index (χ3v) is 7.21. The highest BCUT2D eigenvalue weighted by Gasteiger charge is 2.10. The molecule has 0 aliphatic heterocycles. The third-order valence-electron chi connectivity index (χ3n) is 4.42. The molecule has 0 N–H and O–H groups in total. The van der Waals surface area contributed by atoms with Gasteiger partial charge in [0.25, 0.3) is 5.91 Å². The van der Waals surface area contributed by atoms with Crippen LogP contribution in [-0.4, -0.2) is 35.2 Å². The minimum atomic E-state index is -0.124. The van der Waals surface area contributed by atoms with E-state index in [-0.39, 0.29) is 5.91 Å². The molecule has 30 heavy (non-hydrogen) atoms. The summed E-state index contributed by atoms with van der Waals surface area (Å²) in [7, 11) is 0. The Hall–Kier alpha value is -1.54. The van der Waals surface area contributed by atoms with Crippen LogP contribution in [0, 0.1) is 0 Å². The summed E-state index contributed by atoms with van der Waals surface area (Å²) < 4.78 is 8.78. The number of thioether (sulfide) groups is 2. The number of hydrogen-bond donors (Lipinski definition) is 0. The highest BCUT2D eigenvalue weighted by Crippen LogP contribution is 2.25. The zero-order valence-corrected chi connectivity index (χ0v) is 20.3. The van der Waals surface area contributed by atoms with Crippen LogP contribution in [0.15, 0.2) is 57.2 Å². The Kier molecular flexibility index (Phi) is 8.62. The number of carbonyl (C=O) groups is 1. The number of amides is 1. The lowest BCUT2D eigenvalue weighted by molar-refractivity contribution is -0.117. The van der Waals surface area contributed by atoms with E-state index < -0.39 is 0 Å². The molecule has 1 amide bonds. The van der Waals surface area contributed by atoms with Crippen LogP contribution in [-0.2, 0) is 22.5 Å². The smallest absolute Gasteiger partial charge is 0.252 e. The van der Waals surface area contributed by atoms with Gasteiger partial charge in [-0.1, -0.05) is 37.3 Å². The molecule has 0 saturated heterocycles. The molecule has 0 aliphatic rings. The number of fused-ring (bicyclic) bond motifs is 1. The van der Waals surface area contributed by atoms with E-state index in [1.54, 1.807) is 23.1 Å². The van der Waals surface area contributed by atoms with Crippen LogP contribution >= 0.6 is 34.9 Å². The largest absolute Gasteiger partial charge is 0.380 e. The first-order chi connectivity index (χ1) is 14.5. The highest BCUT2D eigenvalue weighted by atomic mass is 32.2. The summed E-state index contributed by atoms with van der Waals surface area (Å²) in [6.45, 7) is 8.29. The van der Waals surface area contributed by atoms with Crippen molar-refractivity contribution in [3.05, 3.63) is 52.8 Å². The molecule has 0 saturated carbocycles. The van der Waals surface area contributed by atoms with Gasteiger partial charge in [-0.2, -0.15) is 4.99 Å². The highest BCUT2D eigenvalue weighted by molar-refractivity contribution is 8.00. The minimum absolute atomic E-state index is 0.124. The second kappa shape index (κ2) is 11.2. The zero-order chi connectivity index (χ0) is 21.5. The fourth-order valence-electron chi connectivity index (χ4n) is 3.06. The Bertz CT molecular complexity index is 1050. The minimum Gasteiger partial charge on any atom is -0.380 e. The first-order valence-corrected chi connectivity index (χ1v) is 13.0. The summed E-state index contributed by atoms with van der Waals surface area (Å²) in [4.78, 5) is 20.3. The first-order valence-electron chi connectivity index (χ1n) is 10.1. The topological polar surface area (TPSA) is 43.6 Å². The Balaban J connectivity index is 1.85. The van der Waals surface area contributed by atoms with E-state index in [1.165, 1.54) is 9.79 Å². The van der Waals surface area contributed by atoms with Gasteiger partial charge in [0.1, 0.15) is 0 Å². The van der Waals surface area contributed by atoms with Crippen LogP contribution in [0.3, 0.4) is 0 Å². The molecule has 0 unspecified atom stereocenters. The standard InChI is InChI=1S/C23H28N2O2S3/c1-5-27-13-12-25-20-11-10-19(28-4)15-21(20)30-23(25)24-22(26)14-17-6-8-18(9-7-17)29-16(2)3/h6-11,15-16H,5,12-14H2,1-4H3. The van der Waals surface area contributed by atoms with E-state index in [2.05, 4.69) is 60.0 Å². The summed E-state index contributed by atoms with van der Waals surface area (Å²) >= 11 is 5.10. The maximum atomic E-state index is 12.7. The average Bonchev–Trinajstić information content (AvgIpc) is 3.05. The molecule has 0 radical (unpaired) electrons. The molecule has 0 spiro atoms. The molecule has 3 aromatic rings. The molecule has 0 bridgehead atoms. The fourth-order valence-corrected chi connectivity index (χ4v) is 5.53. The van der Waals surface area contributed by atoms with Gasteiger partial charge in [0.15, 0.2) is 4.80 Å². The Morgan fingerprint density at radius 2 is 1.90 bits per heavy atom. The van der Waals surface area contributed by atoms with Crippen molar-refractivity contribution in [1.29, 1.82) is 0 Å². The van der Waals surface area contributed by atoms with Crippen molar-refractivity contribution in [3.8, 4) is 0 Å². The summed E-state index contributed by atoms with van der Waals surface area (Å²) in [6, 6.07) is 14.6. The van der Waals surface area contributed by atoms with Gasteiger partial charge in [-0.3, -0.25) is 4.79 Å². The second-order valence-electron chi connectivity index (χ2n) is 7.06. The number of thiazole rings is 1. The fraction of sp³-hybridized carbons (Fsp3) is 0.391. The van der Waals surface area contributed by atoms with Crippen molar-refractivity contribution in [2.75, 3.05) is 19.5 Å². The summed E-state index contributed by atoms with van der Waals surface area (Å²) in [5, 5.41) is 0.541. The molecule has 160 valence electrons. The normalized spacial score (nSPS) is 12.2. The lowest BCUT2D eigenvalue weighted by Crippen LogP contribution is -2.20. The number of carbonyl (C=O) groups excluding carboxylic acids is 1. The lowest BCUT2D eigenvalue weighted by atomic mass is 10.1. The van der Waals surface area contributed by atoms with E-state index in [0.717, 1.165) is 20.6 Å². The van der Waals surface area contributed by atoms with Crippen LogP contribution in [0.2, 0.25) is 0 Å². The second-order valence-corrected chi connectivity index (χ2v) is 10.6. The molecule has 0 atom stereocenters. The predicted molar refractivity (Wildman–Crippen MR) is 130 cm³/mol. The number of aromatic nitrogens is 1. The molecule has 2 aromatic carbocycles. The van der Waals surface area contributed by atoms with Gasteiger partial charge < -0.3 is 9.30 Å². The van der Waals surface area contributed by atoms with Crippen molar-refractivity contribution >= 4 is 51.0 Å². The first kappa shape index (κ1) is 23.1. The van der Waals surface area contributed by atoms with E-state index in [4.69, 9.17) is 4.74 Å². The molecule has 4 nitrogen and oxygen atoms in total. The van der Waals surface area contributed by atoms with Crippen molar-refractivity contribution in [1.82, 2.24) is 4.57 Å². The van der Waals surface area contributed by atoms with Crippen LogP contribution in [0.1, 0.15) is 26.3 Å². The molecule has 0 fully saturated rings. The van der Waals surface area contributed by atoms with Gasteiger partial charge >= 0.3 is 0 Å². The van der Waals surface area contributed by atoms with Crippen LogP contribution in [0.4, 0.5) is 0 Å². The zero-order valence-electron chi connectivity index (χ0n) is 17.9. The molecule has 3 rings (SSSR count). The van der Waals surface area contributed by atoms with Crippen molar-refractivity contribution in [2.45, 2.75) is 48.8 Å². The number of hydrogen-bond acceptors (Lipinski definition) is 5. The summed E-state index contributed by atoms with van der Waals surface area (Å²) in [5.41, 5.74) is 2.09. The van der Waals surface area contributed by atoms with Crippen molar-refractivity contribution in [2.24, 2.45) is 4.99 Å². The Labute approximate surface area is 190 Å². The summed E-state index contributed by atoms with van der Waals surface area (Å²) in [6.07, 6.45) is 2.38. The molecule has 0 aliphatic carbocycles. The number of ether oxygens (including phenoxy) is 1. The van der Waals surface area contributed by atoms with Gasteiger partial charge in [0, 0.05) is 28.2 Å². The van der Waals surface area contributed by atoms with Gasteiger partial charge in [0.05, 0.1) is 23.2 Å². The van der Waals surface area contributed by atoms with Gasteiger partial charge in [-0.15, -0.1) is 23.5 Å². The number of benzene rings is 2. The van der Waals surface area contributed by atoms with Crippen LogP contribution in [0.25, 0.3) is 10.2 Å². The number of nitrogens with zero attached hydrogens (tertiary/aromatic N) is 2. The monoisotopic (exact) mass is 460 g/mol. The third kappa shape index (κ3) is 6.23. The van der Waals surface area contributed by atoms with E-state index in [9.17, 15) is 4.79 Å². The summed E-state index contributed by atoms with van der Waals surface area (Å²) in [5.74, 6) is -0.124. The number of rotatable bonds is 9. The molecule has 7 heteroatoms. The van der Waals surface area contributed by atoms with Gasteiger partial charge in [-0.25, -0.2) is 0 Å². The van der Waals surface area contributed by atoms with Crippen LogP contribution in [0.5, 0.6) is 0 Å². The van der Waals surface area contributed by atoms with Gasteiger partial charge in [-0.05, 0) is 49.1 Å². The maximum absolute atomic E-state index is 12.7. The SMILES string of the molecule is CCOCCn1c(=NC(=O)Cc2ccc(SC(C)C)cc2)sc2cc(SC)ccc21. The molecule has 1 heterocycles. The predicted octanol–water partition coefficient (Wildman–Crippen LogP) is 5.63. The Morgan fingerprint density at radius 1 is 1.17 bits per heavy atom. The van der Waals surface area contributed by atoms with Crippen molar-refractivity contribution in [3.63, 3.8) is 0 Å². The molecule has 1 aromatic heterocycles. The molecular weight excluding hydrogens is 432 g/mol. The van der Waals surface area contributed by atoms with E-state index in [1.807, 2.05) is 30.8 Å². The van der Waals surface area contributed by atoms with Gasteiger partial charge in [0.2, 0.25) is 0 Å². The maximum Gasteiger partial charge on any atom is 0.252 e. The van der Waals surface area contributed by atoms with Crippen molar-refractivity contribution < 1.29 is 9.53 Å².